The second-order valence-corrected chi connectivity index (χ2v) is 0.492. The molecule has 0 saturated heterocycles. The van der Waals surface area contributed by atoms with Crippen LogP contribution in [0.4, 0.5) is 0 Å². The fraction of sp³-hybridized carbons (Fsp3) is 0.667. The fourth-order valence-electron chi connectivity index (χ4n) is 0. The van der Waals surface area contributed by atoms with Gasteiger partial charge in [0.1, 0.15) is 0 Å². The van der Waals surface area contributed by atoms with Crippen LogP contribution in [0.25, 0.3) is 0 Å². The molecule has 0 aromatic rings. The van der Waals surface area contributed by atoms with Crippen LogP contribution >= 0.6 is 0 Å². The Bertz CT molecular complexity index is 33.2. The zero-order valence-corrected chi connectivity index (χ0v) is 6.76. The third kappa shape index (κ3) is 682. The zero-order chi connectivity index (χ0) is 5.58. The van der Waals surface area contributed by atoms with Gasteiger partial charge in [0.05, 0.1) is 0 Å². The first-order chi connectivity index (χ1) is 2.73. The number of aliphatic hydroxyl groups is 1. The molecule has 38 valence electrons. The summed E-state index contributed by atoms with van der Waals surface area (Å²) in [5.74, 6) is -1.08. The molecule has 7 heavy (non-hydrogen) atoms. The van der Waals surface area contributed by atoms with Crippen molar-refractivity contribution in [2.24, 2.45) is 0 Å². The van der Waals surface area contributed by atoms with E-state index >= 15 is 0 Å². The molecule has 0 saturated carbocycles. The Morgan fingerprint density at radius 1 is 1.57 bits per heavy atom. The predicted octanol–water partition coefficient (Wildman–Crippen LogP) is -4.63. The van der Waals surface area contributed by atoms with Gasteiger partial charge in [0.15, 0.2) is 0 Å². The number of carbonyl (C=O) groups is 1. The van der Waals surface area contributed by atoms with Gasteiger partial charge in [0.2, 0.25) is 0 Å². The Hall–Kier alpha value is 0.430. The zero-order valence-electron chi connectivity index (χ0n) is 4.76. The van der Waals surface area contributed by atoms with Crippen LogP contribution in [0, 0.1) is 0 Å². The molecule has 4 heteroatoms. The van der Waals surface area contributed by atoms with Gasteiger partial charge in [-0.1, -0.05) is 0 Å². The van der Waals surface area contributed by atoms with Crippen molar-refractivity contribution in [3.63, 3.8) is 0 Å². The SMILES string of the molecule is CC(=O)[O-].CO.[Na+]. The van der Waals surface area contributed by atoms with E-state index in [2.05, 4.69) is 0 Å². The summed E-state index contributed by atoms with van der Waals surface area (Å²) < 4.78 is 0. The summed E-state index contributed by atoms with van der Waals surface area (Å²) in [5, 5.41) is 15.9. The van der Waals surface area contributed by atoms with Crippen molar-refractivity contribution >= 4 is 5.97 Å². The third-order valence-corrected chi connectivity index (χ3v) is 0. The Morgan fingerprint density at radius 3 is 1.57 bits per heavy atom. The van der Waals surface area contributed by atoms with E-state index < -0.39 is 5.97 Å². The van der Waals surface area contributed by atoms with Gasteiger partial charge in [0.25, 0.3) is 0 Å². The van der Waals surface area contributed by atoms with Crippen molar-refractivity contribution in [2.45, 2.75) is 6.92 Å². The fourth-order valence-corrected chi connectivity index (χ4v) is 0. The number of carboxylic acids is 1. The van der Waals surface area contributed by atoms with E-state index in [9.17, 15) is 0 Å². The van der Waals surface area contributed by atoms with Crippen molar-refractivity contribution in [3.8, 4) is 0 Å². The molecule has 0 radical (unpaired) electrons. The smallest absolute Gasteiger partial charge is 0.550 e. The molecule has 0 aliphatic heterocycles. The Labute approximate surface area is 64.6 Å². The predicted molar refractivity (Wildman–Crippen MR) is 18.8 cm³/mol. The largest absolute Gasteiger partial charge is 1.00 e. The molecule has 3 nitrogen and oxygen atoms in total. The number of aliphatic hydroxyl groups excluding tert-OH is 1. The van der Waals surface area contributed by atoms with Gasteiger partial charge in [-0.2, -0.15) is 0 Å². The van der Waals surface area contributed by atoms with Gasteiger partial charge in [0, 0.05) is 13.1 Å². The number of hydrogen-bond acceptors (Lipinski definition) is 3. The first-order valence-electron chi connectivity index (χ1n) is 1.36. The monoisotopic (exact) mass is 114 g/mol. The van der Waals surface area contributed by atoms with E-state index in [0.717, 1.165) is 14.0 Å². The molecule has 0 atom stereocenters. The van der Waals surface area contributed by atoms with Crippen molar-refractivity contribution < 1.29 is 44.6 Å². The normalized spacial score (nSPS) is 4.43. The van der Waals surface area contributed by atoms with Crippen LogP contribution in [-0.4, -0.2) is 18.2 Å². The Balaban J connectivity index is -0.0000000480. The molecule has 0 fully saturated rings. The van der Waals surface area contributed by atoms with Crippen molar-refractivity contribution in [1.29, 1.82) is 0 Å². The summed E-state index contributed by atoms with van der Waals surface area (Å²) in [5.41, 5.74) is 0. The van der Waals surface area contributed by atoms with Crippen LogP contribution in [0.1, 0.15) is 6.92 Å². The Kier molecular flexibility index (Phi) is 36.0. The van der Waals surface area contributed by atoms with E-state index in [0.29, 0.717) is 0 Å². The summed E-state index contributed by atoms with van der Waals surface area (Å²) in [6.45, 7) is 0.972. The molecule has 0 aliphatic rings. The summed E-state index contributed by atoms with van der Waals surface area (Å²) in [7, 11) is 1.00. The first-order valence-corrected chi connectivity index (χ1v) is 1.36. The maximum Gasteiger partial charge on any atom is 1.00 e. The van der Waals surface area contributed by atoms with E-state index in [1.165, 1.54) is 0 Å². The summed E-state index contributed by atoms with van der Waals surface area (Å²) >= 11 is 0. The third-order valence-electron chi connectivity index (χ3n) is 0. The Morgan fingerprint density at radius 2 is 1.57 bits per heavy atom. The number of rotatable bonds is 0. The molecule has 0 spiro atoms. The van der Waals surface area contributed by atoms with E-state index in [1.807, 2.05) is 0 Å². The molecular formula is C3H7NaO3. The number of hydrogen-bond donors (Lipinski definition) is 1. The second kappa shape index (κ2) is 16.1. The van der Waals surface area contributed by atoms with Crippen LogP contribution in [-0.2, 0) is 4.79 Å². The second-order valence-electron chi connectivity index (χ2n) is 0.492. The first kappa shape index (κ1) is 15.7. The molecule has 0 aromatic heterocycles. The summed E-state index contributed by atoms with van der Waals surface area (Å²) in [6, 6.07) is 0. The van der Waals surface area contributed by atoms with Gasteiger partial charge in [-0.05, 0) is 6.92 Å². The number of carboxylic acid groups (broad SMARTS) is 1. The minimum Gasteiger partial charge on any atom is -0.550 e. The maximum absolute atomic E-state index is 8.89. The van der Waals surface area contributed by atoms with Crippen LogP contribution in [0.5, 0.6) is 0 Å². The minimum atomic E-state index is -1.08. The number of aliphatic carboxylic acids is 1. The molecule has 0 amide bonds. The average molecular weight is 114 g/mol. The standard InChI is InChI=1S/C2H4O2.CH4O.Na/c1-2(3)4;1-2;/h1H3,(H,3,4);2H,1H3;/q;;+1/p-1. The van der Waals surface area contributed by atoms with E-state index in [1.54, 1.807) is 0 Å². The van der Waals surface area contributed by atoms with Crippen molar-refractivity contribution in [2.75, 3.05) is 7.11 Å². The van der Waals surface area contributed by atoms with Crippen LogP contribution in [0.2, 0.25) is 0 Å². The van der Waals surface area contributed by atoms with Crippen LogP contribution in [0.15, 0.2) is 0 Å². The minimum absolute atomic E-state index is 0. The molecule has 0 unspecified atom stereocenters. The van der Waals surface area contributed by atoms with E-state index in [-0.39, 0.29) is 29.6 Å². The maximum atomic E-state index is 8.89. The van der Waals surface area contributed by atoms with Gasteiger partial charge in [-0.15, -0.1) is 0 Å². The molecule has 0 heterocycles. The molecular weight excluding hydrogens is 107 g/mol. The molecule has 0 bridgehead atoms. The van der Waals surface area contributed by atoms with Crippen molar-refractivity contribution in [3.05, 3.63) is 0 Å². The summed E-state index contributed by atoms with van der Waals surface area (Å²) in [6.07, 6.45) is 0. The van der Waals surface area contributed by atoms with Gasteiger partial charge < -0.3 is 15.0 Å². The van der Waals surface area contributed by atoms with Gasteiger partial charge in [-0.3, -0.25) is 0 Å². The summed E-state index contributed by atoms with van der Waals surface area (Å²) in [4.78, 5) is 8.89. The topological polar surface area (TPSA) is 60.4 Å². The number of carbonyl (C=O) groups excluding carboxylic acids is 1. The van der Waals surface area contributed by atoms with Crippen molar-refractivity contribution in [1.82, 2.24) is 0 Å². The molecule has 0 aromatic carbocycles. The van der Waals surface area contributed by atoms with Crippen LogP contribution in [0.3, 0.4) is 0 Å². The molecule has 1 N–H and O–H groups in total. The molecule has 0 rings (SSSR count). The average Bonchev–Trinajstić information content (AvgIpc) is 1.41. The van der Waals surface area contributed by atoms with Gasteiger partial charge >= 0.3 is 29.6 Å². The van der Waals surface area contributed by atoms with Gasteiger partial charge in [-0.25, -0.2) is 0 Å². The molecule has 0 aliphatic carbocycles. The van der Waals surface area contributed by atoms with Crippen LogP contribution < -0.4 is 34.7 Å². The van der Waals surface area contributed by atoms with E-state index in [4.69, 9.17) is 15.0 Å². The quantitative estimate of drug-likeness (QED) is 0.322.